The molecule has 0 aliphatic carbocycles. The van der Waals surface area contributed by atoms with Crippen molar-refractivity contribution < 1.29 is 17.6 Å². The molecule has 0 aliphatic heterocycles. The minimum atomic E-state index is -2.46. The molecule has 0 radical (unpaired) electrons. The third-order valence-electron chi connectivity index (χ3n) is 2.02. The second-order valence-corrected chi connectivity index (χ2v) is 3.19. The van der Waals surface area contributed by atoms with Crippen molar-refractivity contribution >= 4 is 0 Å². The fourth-order valence-electron chi connectivity index (χ4n) is 1.17. The van der Waals surface area contributed by atoms with Gasteiger partial charge in [-0.25, -0.2) is 17.6 Å². The van der Waals surface area contributed by atoms with Crippen LogP contribution in [0.15, 0.2) is 18.2 Å². The maximum atomic E-state index is 12.8. The van der Waals surface area contributed by atoms with Gasteiger partial charge in [0.2, 0.25) is 0 Å². The highest BCUT2D eigenvalue weighted by Crippen LogP contribution is 2.15. The first-order valence-electron chi connectivity index (χ1n) is 4.47. The highest BCUT2D eigenvalue weighted by atomic mass is 19.3. The van der Waals surface area contributed by atoms with Crippen molar-refractivity contribution in [3.05, 3.63) is 35.4 Å². The first-order chi connectivity index (χ1) is 7.00. The van der Waals surface area contributed by atoms with Gasteiger partial charge in [-0.05, 0) is 24.6 Å². The molecule has 0 saturated heterocycles. The molecule has 0 bridgehead atoms. The number of hydrogen-bond acceptors (Lipinski definition) is 1. The molecule has 1 atom stereocenters. The van der Waals surface area contributed by atoms with Gasteiger partial charge in [0, 0.05) is 6.04 Å². The van der Waals surface area contributed by atoms with Crippen LogP contribution in [0.2, 0.25) is 0 Å². The molecular formula is C10H11F4N. The van der Waals surface area contributed by atoms with Crippen LogP contribution in [0.25, 0.3) is 0 Å². The van der Waals surface area contributed by atoms with Gasteiger partial charge >= 0.3 is 0 Å². The van der Waals surface area contributed by atoms with Crippen molar-refractivity contribution in [2.24, 2.45) is 0 Å². The molecule has 15 heavy (non-hydrogen) atoms. The van der Waals surface area contributed by atoms with Crippen LogP contribution in [-0.4, -0.2) is 13.0 Å². The molecule has 1 aromatic rings. The predicted molar refractivity (Wildman–Crippen MR) is 48.8 cm³/mol. The molecule has 1 aromatic carbocycles. The van der Waals surface area contributed by atoms with Gasteiger partial charge in [-0.1, -0.05) is 6.07 Å². The summed E-state index contributed by atoms with van der Waals surface area (Å²) < 4.78 is 49.1. The molecule has 0 heterocycles. The van der Waals surface area contributed by atoms with Crippen LogP contribution in [0, 0.1) is 11.6 Å². The predicted octanol–water partition coefficient (Wildman–Crippen LogP) is 2.88. The lowest BCUT2D eigenvalue weighted by Gasteiger charge is -2.13. The van der Waals surface area contributed by atoms with Crippen molar-refractivity contribution in [1.29, 1.82) is 0 Å². The standard InChI is InChI=1S/C10H11F4N/c1-6(15-5-10(13)14)7-2-3-8(11)9(12)4-7/h2-4,6,10,15H,5H2,1H3. The summed E-state index contributed by atoms with van der Waals surface area (Å²) >= 11 is 0. The first-order valence-corrected chi connectivity index (χ1v) is 4.47. The molecule has 84 valence electrons. The summed E-state index contributed by atoms with van der Waals surface area (Å²) in [5.74, 6) is -1.92. The summed E-state index contributed by atoms with van der Waals surface area (Å²) in [6.45, 7) is 1.13. The van der Waals surface area contributed by atoms with E-state index in [-0.39, 0.29) is 0 Å². The Bertz CT molecular complexity index is 327. The van der Waals surface area contributed by atoms with Crippen molar-refractivity contribution in [3.63, 3.8) is 0 Å². The van der Waals surface area contributed by atoms with Crippen LogP contribution >= 0.6 is 0 Å². The zero-order valence-electron chi connectivity index (χ0n) is 8.11. The molecule has 0 amide bonds. The lowest BCUT2D eigenvalue weighted by atomic mass is 10.1. The normalized spacial score (nSPS) is 13.2. The van der Waals surface area contributed by atoms with Crippen LogP contribution in [0.4, 0.5) is 17.6 Å². The van der Waals surface area contributed by atoms with Gasteiger partial charge in [-0.3, -0.25) is 0 Å². The quantitative estimate of drug-likeness (QED) is 0.771. The van der Waals surface area contributed by atoms with Crippen molar-refractivity contribution in [2.45, 2.75) is 19.4 Å². The lowest BCUT2D eigenvalue weighted by molar-refractivity contribution is 0.142. The molecule has 0 aromatic heterocycles. The van der Waals surface area contributed by atoms with E-state index >= 15 is 0 Å². The third kappa shape index (κ3) is 3.51. The minimum Gasteiger partial charge on any atom is -0.305 e. The number of benzene rings is 1. The van der Waals surface area contributed by atoms with Gasteiger partial charge in [0.1, 0.15) is 0 Å². The molecule has 0 spiro atoms. The molecule has 1 unspecified atom stereocenters. The van der Waals surface area contributed by atoms with Gasteiger partial charge in [0.15, 0.2) is 11.6 Å². The molecule has 1 N–H and O–H groups in total. The van der Waals surface area contributed by atoms with Crippen molar-refractivity contribution in [3.8, 4) is 0 Å². The van der Waals surface area contributed by atoms with Crippen LogP contribution < -0.4 is 5.32 Å². The Morgan fingerprint density at radius 2 is 1.87 bits per heavy atom. The Morgan fingerprint density at radius 3 is 2.40 bits per heavy atom. The lowest BCUT2D eigenvalue weighted by Crippen LogP contribution is -2.24. The van der Waals surface area contributed by atoms with Crippen LogP contribution in [-0.2, 0) is 0 Å². The Kier molecular flexibility index (Phi) is 4.08. The van der Waals surface area contributed by atoms with E-state index in [0.717, 1.165) is 12.1 Å². The zero-order chi connectivity index (χ0) is 11.4. The maximum absolute atomic E-state index is 12.8. The van der Waals surface area contributed by atoms with Crippen LogP contribution in [0.1, 0.15) is 18.5 Å². The van der Waals surface area contributed by atoms with E-state index in [2.05, 4.69) is 5.32 Å². The number of alkyl halides is 2. The van der Waals surface area contributed by atoms with Gasteiger partial charge in [0.25, 0.3) is 6.43 Å². The average Bonchev–Trinajstić information content (AvgIpc) is 2.18. The highest BCUT2D eigenvalue weighted by Gasteiger charge is 2.10. The van der Waals surface area contributed by atoms with E-state index in [1.807, 2.05) is 0 Å². The maximum Gasteiger partial charge on any atom is 0.250 e. The molecule has 5 heteroatoms. The van der Waals surface area contributed by atoms with Gasteiger partial charge < -0.3 is 5.32 Å². The second kappa shape index (κ2) is 5.11. The first kappa shape index (κ1) is 12.0. The zero-order valence-corrected chi connectivity index (χ0v) is 8.11. The van der Waals surface area contributed by atoms with Crippen LogP contribution in [0.3, 0.4) is 0 Å². The Labute approximate surface area is 85.1 Å². The Morgan fingerprint density at radius 1 is 1.20 bits per heavy atom. The summed E-state index contributed by atoms with van der Waals surface area (Å²) in [4.78, 5) is 0. The van der Waals surface area contributed by atoms with E-state index in [1.54, 1.807) is 6.92 Å². The van der Waals surface area contributed by atoms with E-state index < -0.39 is 30.6 Å². The van der Waals surface area contributed by atoms with E-state index in [1.165, 1.54) is 6.07 Å². The Balaban J connectivity index is 2.65. The SMILES string of the molecule is CC(NCC(F)F)c1ccc(F)c(F)c1. The average molecular weight is 221 g/mol. The fraction of sp³-hybridized carbons (Fsp3) is 0.400. The number of halogens is 4. The highest BCUT2D eigenvalue weighted by molar-refractivity contribution is 5.20. The van der Waals surface area contributed by atoms with Gasteiger partial charge in [-0.2, -0.15) is 0 Å². The van der Waals surface area contributed by atoms with Crippen LogP contribution in [0.5, 0.6) is 0 Å². The molecule has 0 saturated carbocycles. The molecular weight excluding hydrogens is 210 g/mol. The van der Waals surface area contributed by atoms with E-state index in [0.29, 0.717) is 5.56 Å². The molecule has 0 fully saturated rings. The summed E-state index contributed by atoms with van der Waals surface area (Å²) in [5.41, 5.74) is 0.439. The molecule has 0 aliphatic rings. The second-order valence-electron chi connectivity index (χ2n) is 3.19. The smallest absolute Gasteiger partial charge is 0.250 e. The number of rotatable bonds is 4. The third-order valence-corrected chi connectivity index (χ3v) is 2.02. The topological polar surface area (TPSA) is 12.0 Å². The molecule has 1 nitrogen and oxygen atoms in total. The van der Waals surface area contributed by atoms with Crippen molar-refractivity contribution in [2.75, 3.05) is 6.54 Å². The Hall–Kier alpha value is -1.10. The fourth-order valence-corrected chi connectivity index (χ4v) is 1.17. The van der Waals surface area contributed by atoms with E-state index in [9.17, 15) is 17.6 Å². The summed E-state index contributed by atoms with van der Waals surface area (Å²) in [6.07, 6.45) is -2.46. The number of nitrogens with one attached hydrogen (secondary N) is 1. The minimum absolute atomic E-state index is 0.436. The number of hydrogen-bond donors (Lipinski definition) is 1. The monoisotopic (exact) mass is 221 g/mol. The summed E-state index contributed by atoms with van der Waals surface area (Å²) in [5, 5.41) is 2.51. The van der Waals surface area contributed by atoms with Crippen molar-refractivity contribution in [1.82, 2.24) is 5.32 Å². The summed E-state index contributed by atoms with van der Waals surface area (Å²) in [6, 6.07) is 2.90. The van der Waals surface area contributed by atoms with E-state index in [4.69, 9.17) is 0 Å². The largest absolute Gasteiger partial charge is 0.305 e. The van der Waals surface area contributed by atoms with Gasteiger partial charge in [-0.15, -0.1) is 0 Å². The summed E-state index contributed by atoms with van der Waals surface area (Å²) in [7, 11) is 0. The molecule has 1 rings (SSSR count). The van der Waals surface area contributed by atoms with Gasteiger partial charge in [0.05, 0.1) is 6.54 Å².